The molecule has 1 atom stereocenters. The monoisotopic (exact) mass is 428 g/mol. The number of nitrogens with one attached hydrogen (secondary N) is 1. The normalized spacial score (nSPS) is 15.8. The fourth-order valence-corrected chi connectivity index (χ4v) is 4.16. The Morgan fingerprint density at radius 2 is 1.77 bits per heavy atom. The number of nitrogens with zero attached hydrogens (tertiary/aromatic N) is 1. The third kappa shape index (κ3) is 5.07. The number of hydrogen-bond donors (Lipinski definition) is 1. The minimum Gasteiger partial charge on any atom is -0.497 e. The molecule has 1 aliphatic heterocycles. The zero-order chi connectivity index (χ0) is 21.5. The molecule has 2 aromatic carbocycles. The van der Waals surface area contributed by atoms with Crippen LogP contribution in [0.15, 0.2) is 48.5 Å². The molecule has 7 nitrogen and oxygen atoms in total. The highest BCUT2D eigenvalue weighted by Gasteiger charge is 2.33. The summed E-state index contributed by atoms with van der Waals surface area (Å²) in [4.78, 5) is 27.0. The van der Waals surface area contributed by atoms with Crippen molar-refractivity contribution in [1.29, 1.82) is 0 Å². The summed E-state index contributed by atoms with van der Waals surface area (Å²) in [5.74, 6) is 2.50. The highest BCUT2D eigenvalue weighted by atomic mass is 32.2. The van der Waals surface area contributed by atoms with E-state index in [-0.39, 0.29) is 11.8 Å². The first-order chi connectivity index (χ1) is 14.5. The van der Waals surface area contributed by atoms with Crippen LogP contribution in [-0.4, -0.2) is 55.7 Å². The molecule has 0 saturated carbocycles. The summed E-state index contributed by atoms with van der Waals surface area (Å²) in [5, 5.41) is 2.87. The van der Waals surface area contributed by atoms with Crippen LogP contribution >= 0.6 is 11.8 Å². The Labute approximate surface area is 180 Å². The first-order valence-electron chi connectivity index (χ1n) is 9.29. The molecule has 3 rings (SSSR count). The minimum atomic E-state index is -0.528. The van der Waals surface area contributed by atoms with Crippen molar-refractivity contribution in [3.05, 3.63) is 54.1 Å². The summed E-state index contributed by atoms with van der Waals surface area (Å²) in [6, 6.07) is 11.9. The lowest BCUT2D eigenvalue weighted by Crippen LogP contribution is -2.43. The summed E-state index contributed by atoms with van der Waals surface area (Å²) in [6.45, 7) is 0. The maximum absolute atomic E-state index is 12.7. The second-order valence-corrected chi connectivity index (χ2v) is 7.49. The Hall–Kier alpha value is -3.13. The van der Waals surface area contributed by atoms with Crippen molar-refractivity contribution in [3.63, 3.8) is 0 Å². The Morgan fingerprint density at radius 1 is 1.03 bits per heavy atom. The highest BCUT2D eigenvalue weighted by Crippen LogP contribution is 2.28. The zero-order valence-electron chi connectivity index (χ0n) is 17.1. The van der Waals surface area contributed by atoms with E-state index in [0.29, 0.717) is 34.6 Å². The van der Waals surface area contributed by atoms with E-state index in [0.717, 1.165) is 5.56 Å². The zero-order valence-corrected chi connectivity index (χ0v) is 17.9. The van der Waals surface area contributed by atoms with Gasteiger partial charge in [0.2, 0.25) is 11.8 Å². The molecule has 1 N–H and O–H groups in total. The third-order valence-electron chi connectivity index (χ3n) is 4.65. The lowest BCUT2D eigenvalue weighted by atomic mass is 10.1. The van der Waals surface area contributed by atoms with E-state index in [2.05, 4.69) is 5.32 Å². The third-order valence-corrected chi connectivity index (χ3v) is 5.66. The number of benzene rings is 2. The van der Waals surface area contributed by atoms with Crippen LogP contribution < -0.4 is 19.5 Å². The van der Waals surface area contributed by atoms with Crippen molar-refractivity contribution in [2.75, 3.05) is 38.3 Å². The number of carbonyl (C=O) groups excluding carboxylic acids is 2. The summed E-state index contributed by atoms with van der Waals surface area (Å²) in [7, 11) is 4.71. The predicted molar refractivity (Wildman–Crippen MR) is 118 cm³/mol. The second-order valence-electron chi connectivity index (χ2n) is 6.49. The lowest BCUT2D eigenvalue weighted by Gasteiger charge is -2.21. The lowest BCUT2D eigenvalue weighted by molar-refractivity contribution is -0.132. The summed E-state index contributed by atoms with van der Waals surface area (Å²) < 4.78 is 15.6. The molecule has 1 saturated heterocycles. The molecule has 0 bridgehead atoms. The first-order valence-corrected chi connectivity index (χ1v) is 10.4. The standard InChI is InChI=1S/C22H24N2O5S/c1-27-17-8-6-16(7-9-17)23-22(26)18-13-30-14-24(18)21(25)11-5-15-4-10-19(28-2)20(12-15)29-3/h4-12,18H,13-14H2,1-3H3,(H,23,26)/b11-5+. The van der Waals surface area contributed by atoms with Gasteiger partial charge in [0.05, 0.1) is 27.2 Å². The average Bonchev–Trinajstić information content (AvgIpc) is 3.28. The van der Waals surface area contributed by atoms with Gasteiger partial charge in [0.1, 0.15) is 11.8 Å². The highest BCUT2D eigenvalue weighted by molar-refractivity contribution is 7.99. The van der Waals surface area contributed by atoms with Gasteiger partial charge >= 0.3 is 0 Å². The van der Waals surface area contributed by atoms with E-state index in [1.807, 2.05) is 6.07 Å². The number of rotatable bonds is 7. The summed E-state index contributed by atoms with van der Waals surface area (Å²) in [6.07, 6.45) is 3.17. The van der Waals surface area contributed by atoms with Gasteiger partial charge in [-0.1, -0.05) is 6.07 Å². The SMILES string of the molecule is COc1ccc(NC(=O)C2CSCN2C(=O)/C=C/c2ccc(OC)c(OC)c2)cc1. The van der Waals surface area contributed by atoms with E-state index in [9.17, 15) is 9.59 Å². The number of methoxy groups -OCH3 is 3. The average molecular weight is 429 g/mol. The number of carbonyl (C=O) groups is 2. The number of thioether (sulfide) groups is 1. The molecule has 1 heterocycles. The van der Waals surface area contributed by atoms with Crippen LogP contribution in [0.2, 0.25) is 0 Å². The van der Waals surface area contributed by atoms with Crippen LogP contribution in [0.4, 0.5) is 5.69 Å². The van der Waals surface area contributed by atoms with Crippen molar-refractivity contribution in [3.8, 4) is 17.2 Å². The molecule has 0 radical (unpaired) electrons. The van der Waals surface area contributed by atoms with Gasteiger partial charge in [-0.2, -0.15) is 0 Å². The van der Waals surface area contributed by atoms with Crippen molar-refractivity contribution >= 4 is 35.3 Å². The quantitative estimate of drug-likeness (QED) is 0.682. The van der Waals surface area contributed by atoms with Gasteiger partial charge in [0, 0.05) is 17.5 Å². The predicted octanol–water partition coefficient (Wildman–Crippen LogP) is 3.27. The van der Waals surface area contributed by atoms with Gasteiger partial charge in [-0.05, 0) is 48.0 Å². The molecule has 0 aliphatic carbocycles. The van der Waals surface area contributed by atoms with Gasteiger partial charge in [0.15, 0.2) is 11.5 Å². The van der Waals surface area contributed by atoms with Crippen LogP contribution in [0.1, 0.15) is 5.56 Å². The molecule has 158 valence electrons. The van der Waals surface area contributed by atoms with Crippen LogP contribution in [0.3, 0.4) is 0 Å². The molecule has 1 unspecified atom stereocenters. The maximum atomic E-state index is 12.7. The number of ether oxygens (including phenoxy) is 3. The maximum Gasteiger partial charge on any atom is 0.248 e. The van der Waals surface area contributed by atoms with Gasteiger partial charge in [-0.15, -0.1) is 11.8 Å². The Balaban J connectivity index is 1.66. The molecule has 30 heavy (non-hydrogen) atoms. The van der Waals surface area contributed by atoms with Crippen molar-refractivity contribution < 1.29 is 23.8 Å². The Morgan fingerprint density at radius 3 is 2.43 bits per heavy atom. The van der Waals surface area contributed by atoms with Gasteiger partial charge in [0.25, 0.3) is 0 Å². The second kappa shape index (κ2) is 10.1. The molecule has 1 aliphatic rings. The van der Waals surface area contributed by atoms with Crippen molar-refractivity contribution in [1.82, 2.24) is 4.90 Å². The molecular formula is C22H24N2O5S. The molecule has 2 aromatic rings. The summed E-state index contributed by atoms with van der Waals surface area (Å²) in [5.41, 5.74) is 1.46. The van der Waals surface area contributed by atoms with Crippen LogP contribution in [0.25, 0.3) is 6.08 Å². The first kappa shape index (κ1) is 21.6. The largest absolute Gasteiger partial charge is 0.497 e. The molecule has 1 fully saturated rings. The molecule has 0 spiro atoms. The van der Waals surface area contributed by atoms with E-state index in [4.69, 9.17) is 14.2 Å². The smallest absolute Gasteiger partial charge is 0.248 e. The van der Waals surface area contributed by atoms with E-state index >= 15 is 0 Å². The van der Waals surface area contributed by atoms with E-state index in [1.54, 1.807) is 80.5 Å². The van der Waals surface area contributed by atoms with Gasteiger partial charge in [-0.3, -0.25) is 9.59 Å². The fraction of sp³-hybridized carbons (Fsp3) is 0.273. The number of hydrogen-bond acceptors (Lipinski definition) is 6. The van der Waals surface area contributed by atoms with Gasteiger partial charge < -0.3 is 24.4 Å². The molecular weight excluding hydrogens is 404 g/mol. The minimum absolute atomic E-state index is 0.210. The number of amides is 2. The van der Waals surface area contributed by atoms with E-state index < -0.39 is 6.04 Å². The topological polar surface area (TPSA) is 77.1 Å². The fourth-order valence-electron chi connectivity index (χ4n) is 3.00. The van der Waals surface area contributed by atoms with Crippen molar-refractivity contribution in [2.24, 2.45) is 0 Å². The number of anilines is 1. The van der Waals surface area contributed by atoms with Crippen LogP contribution in [-0.2, 0) is 9.59 Å². The van der Waals surface area contributed by atoms with Crippen LogP contribution in [0.5, 0.6) is 17.2 Å². The molecule has 0 aromatic heterocycles. The van der Waals surface area contributed by atoms with Gasteiger partial charge in [-0.25, -0.2) is 0 Å². The van der Waals surface area contributed by atoms with E-state index in [1.165, 1.54) is 6.08 Å². The molecule has 8 heteroatoms. The van der Waals surface area contributed by atoms with Crippen LogP contribution in [0, 0.1) is 0 Å². The Kier molecular flexibility index (Phi) is 7.24. The van der Waals surface area contributed by atoms with Crippen molar-refractivity contribution in [2.45, 2.75) is 6.04 Å². The summed E-state index contributed by atoms with van der Waals surface area (Å²) >= 11 is 1.55. The molecule has 2 amide bonds. The Bertz CT molecular complexity index is 930.